The van der Waals surface area contributed by atoms with Crippen molar-refractivity contribution in [2.75, 3.05) is 18.2 Å². The van der Waals surface area contributed by atoms with Crippen LogP contribution in [0.15, 0.2) is 48.5 Å². The van der Waals surface area contributed by atoms with Gasteiger partial charge in [0.25, 0.3) is 0 Å². The van der Waals surface area contributed by atoms with Crippen LogP contribution in [0.3, 0.4) is 0 Å². The van der Waals surface area contributed by atoms with E-state index in [4.69, 9.17) is 9.84 Å². The molecule has 25 heavy (non-hydrogen) atoms. The third-order valence-electron chi connectivity index (χ3n) is 3.46. The number of thioether (sulfide) groups is 1. The molecule has 0 saturated heterocycles. The van der Waals surface area contributed by atoms with Crippen LogP contribution in [0.2, 0.25) is 0 Å². The van der Waals surface area contributed by atoms with E-state index in [9.17, 15) is 9.59 Å². The molecule has 0 spiro atoms. The summed E-state index contributed by atoms with van der Waals surface area (Å²) in [5.74, 6) is 1.18. The Kier molecular flexibility index (Phi) is 7.35. The average molecular weight is 359 g/mol. The first-order valence-electron chi connectivity index (χ1n) is 7.88. The molecule has 0 heterocycles. The predicted molar refractivity (Wildman–Crippen MR) is 100 cm³/mol. The topological polar surface area (TPSA) is 75.6 Å². The number of hydrogen-bond acceptors (Lipinski definition) is 4. The van der Waals surface area contributed by atoms with Gasteiger partial charge in [-0.2, -0.15) is 11.8 Å². The molecule has 0 fully saturated rings. The van der Waals surface area contributed by atoms with Gasteiger partial charge in [-0.3, -0.25) is 9.59 Å². The van der Waals surface area contributed by atoms with Crippen LogP contribution in [0.1, 0.15) is 17.5 Å². The van der Waals surface area contributed by atoms with E-state index in [1.54, 1.807) is 18.9 Å². The molecule has 0 unspecified atom stereocenters. The Bertz CT molecular complexity index is 716. The Balaban J connectivity index is 1.85. The Morgan fingerprint density at radius 1 is 1.12 bits per heavy atom. The number of carbonyl (C=O) groups excluding carboxylic acids is 1. The molecule has 6 heteroatoms. The summed E-state index contributed by atoms with van der Waals surface area (Å²) < 4.78 is 5.10. The summed E-state index contributed by atoms with van der Waals surface area (Å²) in [6, 6.07) is 15.0. The van der Waals surface area contributed by atoms with Crippen molar-refractivity contribution in [3.63, 3.8) is 0 Å². The van der Waals surface area contributed by atoms with E-state index in [1.807, 2.05) is 48.5 Å². The van der Waals surface area contributed by atoms with Crippen molar-refractivity contribution in [1.29, 1.82) is 0 Å². The van der Waals surface area contributed by atoms with Gasteiger partial charge in [0.2, 0.25) is 5.91 Å². The fraction of sp³-hybridized carbons (Fsp3) is 0.263. The molecule has 0 aliphatic heterocycles. The Morgan fingerprint density at radius 3 is 2.56 bits per heavy atom. The Hall–Kier alpha value is -2.47. The lowest BCUT2D eigenvalue weighted by Gasteiger charge is -2.08. The SMILES string of the molecule is COc1ccc(CC(=O)Nc2cccc(CSCCC(=O)O)c2)cc1. The second-order valence-corrected chi connectivity index (χ2v) is 6.57. The van der Waals surface area contributed by atoms with E-state index in [0.29, 0.717) is 12.2 Å². The normalized spacial score (nSPS) is 10.3. The molecule has 2 aromatic rings. The van der Waals surface area contributed by atoms with Crippen LogP contribution >= 0.6 is 11.8 Å². The van der Waals surface area contributed by atoms with Crippen molar-refractivity contribution in [3.8, 4) is 5.75 Å². The van der Waals surface area contributed by atoms with Crippen LogP contribution in [0.25, 0.3) is 0 Å². The van der Waals surface area contributed by atoms with E-state index < -0.39 is 5.97 Å². The molecule has 2 aromatic carbocycles. The number of carbonyl (C=O) groups is 2. The number of methoxy groups -OCH3 is 1. The zero-order valence-electron chi connectivity index (χ0n) is 14.0. The van der Waals surface area contributed by atoms with E-state index in [2.05, 4.69) is 5.32 Å². The second-order valence-electron chi connectivity index (χ2n) is 5.47. The number of nitrogens with one attached hydrogen (secondary N) is 1. The quantitative estimate of drug-likeness (QED) is 0.669. The summed E-state index contributed by atoms with van der Waals surface area (Å²) in [7, 11) is 1.61. The van der Waals surface area contributed by atoms with Gasteiger partial charge in [-0.25, -0.2) is 0 Å². The fourth-order valence-electron chi connectivity index (χ4n) is 2.22. The molecule has 5 nitrogen and oxygen atoms in total. The van der Waals surface area contributed by atoms with E-state index in [-0.39, 0.29) is 12.3 Å². The zero-order chi connectivity index (χ0) is 18.1. The Morgan fingerprint density at radius 2 is 1.88 bits per heavy atom. The molecule has 132 valence electrons. The van der Waals surface area contributed by atoms with E-state index in [0.717, 1.165) is 28.3 Å². The summed E-state index contributed by atoms with van der Waals surface area (Å²) in [6.07, 6.45) is 0.449. The van der Waals surface area contributed by atoms with Crippen molar-refractivity contribution in [2.24, 2.45) is 0 Å². The molecule has 2 N–H and O–H groups in total. The van der Waals surface area contributed by atoms with Gasteiger partial charge < -0.3 is 15.2 Å². The molecule has 0 saturated carbocycles. The van der Waals surface area contributed by atoms with Gasteiger partial charge in [-0.15, -0.1) is 0 Å². The van der Waals surface area contributed by atoms with Gasteiger partial charge in [-0.05, 0) is 35.4 Å². The fourth-order valence-corrected chi connectivity index (χ4v) is 3.10. The molecule has 0 aliphatic rings. The van der Waals surface area contributed by atoms with Crippen LogP contribution in [-0.4, -0.2) is 29.8 Å². The number of amides is 1. The third kappa shape index (κ3) is 6.89. The summed E-state index contributed by atoms with van der Waals surface area (Å²) in [4.78, 5) is 22.7. The van der Waals surface area contributed by atoms with E-state index in [1.165, 1.54) is 0 Å². The number of carboxylic acids is 1. The first kappa shape index (κ1) is 18.9. The second kappa shape index (κ2) is 9.74. The van der Waals surface area contributed by atoms with Gasteiger partial charge in [0.1, 0.15) is 5.75 Å². The largest absolute Gasteiger partial charge is 0.497 e. The van der Waals surface area contributed by atoms with Gasteiger partial charge in [0, 0.05) is 17.2 Å². The van der Waals surface area contributed by atoms with Crippen LogP contribution in [-0.2, 0) is 21.8 Å². The van der Waals surface area contributed by atoms with Gasteiger partial charge in [0.15, 0.2) is 0 Å². The summed E-state index contributed by atoms with van der Waals surface area (Å²) in [6.45, 7) is 0. The number of hydrogen-bond donors (Lipinski definition) is 2. The maximum absolute atomic E-state index is 12.2. The standard InChI is InChI=1S/C19H21NO4S/c1-24-17-7-5-14(6-8-17)12-18(21)20-16-4-2-3-15(11-16)13-25-10-9-19(22)23/h2-8,11H,9-10,12-13H2,1H3,(H,20,21)(H,22,23). The van der Waals surface area contributed by atoms with Crippen LogP contribution in [0.5, 0.6) is 5.75 Å². The summed E-state index contributed by atoms with van der Waals surface area (Å²) in [5.41, 5.74) is 2.71. The predicted octanol–water partition coefficient (Wildman–Crippen LogP) is 3.58. The smallest absolute Gasteiger partial charge is 0.304 e. The maximum Gasteiger partial charge on any atom is 0.304 e. The summed E-state index contributed by atoms with van der Waals surface area (Å²) >= 11 is 1.56. The minimum absolute atomic E-state index is 0.0825. The van der Waals surface area contributed by atoms with Crippen LogP contribution in [0.4, 0.5) is 5.69 Å². The average Bonchev–Trinajstić information content (AvgIpc) is 2.59. The lowest BCUT2D eigenvalue weighted by molar-refractivity contribution is -0.136. The van der Waals surface area contributed by atoms with Gasteiger partial charge in [-0.1, -0.05) is 24.3 Å². The molecule has 0 aliphatic carbocycles. The van der Waals surface area contributed by atoms with Gasteiger partial charge >= 0.3 is 5.97 Å². The first-order valence-corrected chi connectivity index (χ1v) is 9.03. The van der Waals surface area contributed by atoms with Crippen molar-refractivity contribution < 1.29 is 19.4 Å². The molecule has 1 amide bonds. The number of ether oxygens (including phenoxy) is 1. The number of rotatable bonds is 9. The third-order valence-corrected chi connectivity index (χ3v) is 4.49. The molecule has 0 atom stereocenters. The van der Waals surface area contributed by atoms with Crippen LogP contribution in [0, 0.1) is 0 Å². The molecule has 0 bridgehead atoms. The molecular weight excluding hydrogens is 338 g/mol. The molecule has 2 rings (SSSR count). The molecule has 0 radical (unpaired) electrons. The van der Waals surface area contributed by atoms with Crippen molar-refractivity contribution >= 4 is 29.3 Å². The van der Waals surface area contributed by atoms with Crippen molar-refractivity contribution in [1.82, 2.24) is 0 Å². The number of aliphatic carboxylic acids is 1. The summed E-state index contributed by atoms with van der Waals surface area (Å²) in [5, 5.41) is 11.5. The van der Waals surface area contributed by atoms with Crippen molar-refractivity contribution in [2.45, 2.75) is 18.6 Å². The van der Waals surface area contributed by atoms with Gasteiger partial charge in [0.05, 0.1) is 20.0 Å². The highest BCUT2D eigenvalue weighted by Gasteiger charge is 2.05. The lowest BCUT2D eigenvalue weighted by atomic mass is 10.1. The molecular formula is C19H21NO4S. The highest BCUT2D eigenvalue weighted by atomic mass is 32.2. The van der Waals surface area contributed by atoms with E-state index >= 15 is 0 Å². The minimum atomic E-state index is -0.785. The minimum Gasteiger partial charge on any atom is -0.497 e. The Labute approximate surface area is 151 Å². The number of benzene rings is 2. The first-order chi connectivity index (χ1) is 12.1. The lowest BCUT2D eigenvalue weighted by Crippen LogP contribution is -2.14. The highest BCUT2D eigenvalue weighted by Crippen LogP contribution is 2.18. The highest BCUT2D eigenvalue weighted by molar-refractivity contribution is 7.98. The number of carboxylic acid groups (broad SMARTS) is 1. The maximum atomic E-state index is 12.2. The van der Waals surface area contributed by atoms with Crippen molar-refractivity contribution in [3.05, 3.63) is 59.7 Å². The molecule has 0 aromatic heterocycles. The monoisotopic (exact) mass is 359 g/mol. The van der Waals surface area contributed by atoms with Crippen LogP contribution < -0.4 is 10.1 Å². The number of anilines is 1. The zero-order valence-corrected chi connectivity index (χ0v) is 14.8.